The molecule has 0 spiro atoms. The Hall–Kier alpha value is -2.09. The summed E-state index contributed by atoms with van der Waals surface area (Å²) in [4.78, 5) is 12.2. The minimum atomic E-state index is 0.0780. The quantitative estimate of drug-likeness (QED) is 0.832. The molecule has 0 bridgehead atoms. The zero-order chi connectivity index (χ0) is 12.5. The lowest BCUT2D eigenvalue weighted by atomic mass is 10.0. The van der Waals surface area contributed by atoms with Crippen molar-refractivity contribution in [3.05, 3.63) is 65.7 Å². The summed E-state index contributed by atoms with van der Waals surface area (Å²) in [5.41, 5.74) is 1.84. The minimum absolute atomic E-state index is 0.0780. The topological polar surface area (TPSA) is 37.3 Å². The third-order valence-electron chi connectivity index (χ3n) is 3.49. The molecule has 0 radical (unpaired) electrons. The number of carbonyl (C=O) groups excluding carboxylic acids is 1. The Kier molecular flexibility index (Phi) is 2.63. The summed E-state index contributed by atoms with van der Waals surface area (Å²) in [6, 6.07) is 16.7. The van der Waals surface area contributed by atoms with Crippen LogP contribution in [0.5, 0.6) is 5.75 Å². The summed E-state index contributed by atoms with van der Waals surface area (Å²) < 4.78 is 0. The van der Waals surface area contributed by atoms with Crippen molar-refractivity contribution in [2.24, 2.45) is 5.92 Å². The Bertz CT molecular complexity index is 575. The first-order valence-electron chi connectivity index (χ1n) is 6.14. The van der Waals surface area contributed by atoms with Crippen LogP contribution in [-0.2, 0) is 0 Å². The molecular formula is C16H14O2. The van der Waals surface area contributed by atoms with E-state index in [0.29, 0.717) is 11.5 Å². The largest absolute Gasteiger partial charge is 0.508 e. The maximum atomic E-state index is 12.2. The van der Waals surface area contributed by atoms with Crippen molar-refractivity contribution in [2.75, 3.05) is 0 Å². The Labute approximate surface area is 106 Å². The van der Waals surface area contributed by atoms with E-state index in [2.05, 4.69) is 12.1 Å². The van der Waals surface area contributed by atoms with Crippen molar-refractivity contribution in [3.8, 4) is 5.75 Å². The molecule has 18 heavy (non-hydrogen) atoms. The Balaban J connectivity index is 1.77. The predicted octanol–water partition coefficient (Wildman–Crippen LogP) is 3.38. The van der Waals surface area contributed by atoms with Crippen LogP contribution in [0.1, 0.15) is 28.3 Å². The second-order valence-electron chi connectivity index (χ2n) is 4.77. The van der Waals surface area contributed by atoms with Crippen LogP contribution < -0.4 is 0 Å². The van der Waals surface area contributed by atoms with Crippen molar-refractivity contribution in [1.82, 2.24) is 0 Å². The van der Waals surface area contributed by atoms with Crippen LogP contribution in [0, 0.1) is 5.92 Å². The summed E-state index contributed by atoms with van der Waals surface area (Å²) in [5, 5.41) is 9.39. The van der Waals surface area contributed by atoms with Gasteiger partial charge in [0.15, 0.2) is 5.78 Å². The molecule has 1 fully saturated rings. The maximum Gasteiger partial charge on any atom is 0.166 e. The summed E-state index contributed by atoms with van der Waals surface area (Å²) in [5.74, 6) is 0.716. The van der Waals surface area contributed by atoms with E-state index in [0.717, 1.165) is 6.42 Å². The molecule has 3 rings (SSSR count). The average Bonchev–Trinajstić information content (AvgIpc) is 3.19. The van der Waals surface area contributed by atoms with Crippen LogP contribution in [0.3, 0.4) is 0 Å². The molecule has 1 saturated carbocycles. The summed E-state index contributed by atoms with van der Waals surface area (Å²) >= 11 is 0. The van der Waals surface area contributed by atoms with E-state index in [-0.39, 0.29) is 17.5 Å². The van der Waals surface area contributed by atoms with Gasteiger partial charge in [0.25, 0.3) is 0 Å². The van der Waals surface area contributed by atoms with E-state index in [4.69, 9.17) is 0 Å². The molecule has 0 amide bonds. The summed E-state index contributed by atoms with van der Waals surface area (Å²) in [6.07, 6.45) is 0.915. The van der Waals surface area contributed by atoms with Crippen LogP contribution in [0.15, 0.2) is 54.6 Å². The zero-order valence-corrected chi connectivity index (χ0v) is 9.91. The van der Waals surface area contributed by atoms with Crippen molar-refractivity contribution in [1.29, 1.82) is 0 Å². The lowest BCUT2D eigenvalue weighted by Crippen LogP contribution is -2.02. The van der Waals surface area contributed by atoms with Gasteiger partial charge in [0.05, 0.1) is 0 Å². The van der Waals surface area contributed by atoms with Gasteiger partial charge in [0.1, 0.15) is 5.75 Å². The van der Waals surface area contributed by atoms with E-state index < -0.39 is 0 Å². The molecule has 2 nitrogen and oxygen atoms in total. The summed E-state index contributed by atoms with van der Waals surface area (Å²) in [6.45, 7) is 0. The molecule has 2 atom stereocenters. The highest BCUT2D eigenvalue weighted by molar-refractivity contribution is 6.00. The van der Waals surface area contributed by atoms with Crippen molar-refractivity contribution in [2.45, 2.75) is 12.3 Å². The normalized spacial score (nSPS) is 21.6. The number of hydrogen-bond donors (Lipinski definition) is 1. The van der Waals surface area contributed by atoms with Crippen LogP contribution >= 0.6 is 0 Å². The van der Waals surface area contributed by atoms with Gasteiger partial charge < -0.3 is 5.11 Å². The molecule has 1 N–H and O–H groups in total. The number of carbonyl (C=O) groups is 1. The number of phenolic OH excluding ortho intramolecular Hbond substituents is 1. The number of benzene rings is 2. The average molecular weight is 238 g/mol. The Morgan fingerprint density at radius 3 is 2.56 bits per heavy atom. The number of phenols is 1. The zero-order valence-electron chi connectivity index (χ0n) is 9.91. The first kappa shape index (κ1) is 11.0. The Morgan fingerprint density at radius 1 is 1.06 bits per heavy atom. The first-order chi connectivity index (χ1) is 8.75. The SMILES string of the molecule is O=C(c1cccc(O)c1)C1CC1c1ccccc1. The molecule has 2 aromatic rings. The third-order valence-corrected chi connectivity index (χ3v) is 3.49. The number of hydrogen-bond acceptors (Lipinski definition) is 2. The van der Waals surface area contributed by atoms with E-state index in [1.165, 1.54) is 5.56 Å². The fourth-order valence-corrected chi connectivity index (χ4v) is 2.43. The smallest absolute Gasteiger partial charge is 0.166 e. The van der Waals surface area contributed by atoms with Gasteiger partial charge in [-0.25, -0.2) is 0 Å². The standard InChI is InChI=1S/C16H14O2/c17-13-8-4-7-12(9-13)16(18)15-10-14(15)11-5-2-1-3-6-11/h1-9,14-15,17H,10H2. The van der Waals surface area contributed by atoms with Crippen molar-refractivity contribution < 1.29 is 9.90 Å². The van der Waals surface area contributed by atoms with Gasteiger partial charge in [0, 0.05) is 11.5 Å². The van der Waals surface area contributed by atoms with Gasteiger partial charge in [-0.2, -0.15) is 0 Å². The molecule has 2 aromatic carbocycles. The van der Waals surface area contributed by atoms with Crippen LogP contribution in [0.2, 0.25) is 0 Å². The summed E-state index contributed by atoms with van der Waals surface area (Å²) in [7, 11) is 0. The first-order valence-corrected chi connectivity index (χ1v) is 6.14. The third kappa shape index (κ3) is 2.02. The molecule has 1 aliphatic rings. The maximum absolute atomic E-state index is 12.2. The van der Waals surface area contributed by atoms with Gasteiger partial charge in [-0.3, -0.25) is 4.79 Å². The molecule has 0 heterocycles. The second-order valence-corrected chi connectivity index (χ2v) is 4.77. The number of ketones is 1. The van der Waals surface area contributed by atoms with E-state index in [9.17, 15) is 9.90 Å². The second kappa shape index (κ2) is 4.30. The fraction of sp³-hybridized carbons (Fsp3) is 0.188. The van der Waals surface area contributed by atoms with Crippen molar-refractivity contribution >= 4 is 5.78 Å². The lowest BCUT2D eigenvalue weighted by molar-refractivity contribution is 0.0965. The van der Waals surface area contributed by atoms with E-state index in [1.54, 1.807) is 24.3 Å². The molecule has 90 valence electrons. The van der Waals surface area contributed by atoms with E-state index in [1.807, 2.05) is 18.2 Å². The van der Waals surface area contributed by atoms with Gasteiger partial charge >= 0.3 is 0 Å². The highest BCUT2D eigenvalue weighted by Gasteiger charge is 2.43. The molecule has 2 heteroatoms. The predicted molar refractivity (Wildman–Crippen MR) is 69.7 cm³/mol. The highest BCUT2D eigenvalue weighted by atomic mass is 16.3. The van der Waals surface area contributed by atoms with Crippen molar-refractivity contribution in [3.63, 3.8) is 0 Å². The van der Waals surface area contributed by atoms with Gasteiger partial charge in [-0.1, -0.05) is 42.5 Å². The minimum Gasteiger partial charge on any atom is -0.508 e. The molecule has 2 unspecified atom stereocenters. The fourth-order valence-electron chi connectivity index (χ4n) is 2.43. The molecular weight excluding hydrogens is 224 g/mol. The van der Waals surface area contributed by atoms with Gasteiger partial charge in [-0.15, -0.1) is 0 Å². The number of rotatable bonds is 3. The Morgan fingerprint density at radius 2 is 1.83 bits per heavy atom. The van der Waals surface area contributed by atoms with E-state index >= 15 is 0 Å². The monoisotopic (exact) mass is 238 g/mol. The van der Waals surface area contributed by atoms with Crippen LogP contribution in [0.25, 0.3) is 0 Å². The molecule has 1 aliphatic carbocycles. The highest BCUT2D eigenvalue weighted by Crippen LogP contribution is 2.49. The molecule has 0 saturated heterocycles. The number of Topliss-reactive ketones (excluding diaryl/α,β-unsaturated/α-hetero) is 1. The molecule has 0 aromatic heterocycles. The molecule has 0 aliphatic heterocycles. The van der Waals surface area contributed by atoms with Gasteiger partial charge in [-0.05, 0) is 30.0 Å². The lowest BCUT2D eigenvalue weighted by Gasteiger charge is -2.01. The van der Waals surface area contributed by atoms with Crippen LogP contribution in [0.4, 0.5) is 0 Å². The van der Waals surface area contributed by atoms with Crippen LogP contribution in [-0.4, -0.2) is 10.9 Å². The van der Waals surface area contributed by atoms with Gasteiger partial charge in [0.2, 0.25) is 0 Å². The number of aromatic hydroxyl groups is 1.